The number of rotatable bonds is 4. The average Bonchev–Trinajstić information content (AvgIpc) is 2.71. The first-order valence-electron chi connectivity index (χ1n) is 6.55. The van der Waals surface area contributed by atoms with Crippen LogP contribution >= 0.6 is 0 Å². The number of hydrogen-bond acceptors (Lipinski definition) is 7. The summed E-state index contributed by atoms with van der Waals surface area (Å²) in [6, 6.07) is 0. The average molecular weight is 328 g/mol. The molecule has 0 aromatic carbocycles. The predicted octanol–water partition coefficient (Wildman–Crippen LogP) is -0.677. The molecule has 4 atom stereocenters. The highest BCUT2D eigenvalue weighted by molar-refractivity contribution is 5.76. The van der Waals surface area contributed by atoms with Gasteiger partial charge in [0.1, 0.15) is 25.6 Å². The van der Waals surface area contributed by atoms with Gasteiger partial charge in [-0.15, -0.1) is 0 Å². The Morgan fingerprint density at radius 3 is 2.36 bits per heavy atom. The maximum Gasteiger partial charge on any atom is 0.367 e. The van der Waals surface area contributed by atoms with Gasteiger partial charge in [-0.2, -0.15) is 0 Å². The van der Waals surface area contributed by atoms with E-state index in [9.17, 15) is 23.8 Å². The molecule has 0 aromatic rings. The molecule has 128 valence electrons. The maximum absolute atomic E-state index is 13.0. The van der Waals surface area contributed by atoms with Crippen LogP contribution in [0.1, 0.15) is 13.8 Å². The largest absolute Gasteiger partial charge is 0.477 e. The van der Waals surface area contributed by atoms with Crippen molar-refractivity contribution in [3.8, 4) is 0 Å². The van der Waals surface area contributed by atoms with Gasteiger partial charge in [0, 0.05) is 0 Å². The van der Waals surface area contributed by atoms with E-state index >= 15 is 0 Å². The number of aliphatic hydroxyl groups excluding tert-OH is 1. The van der Waals surface area contributed by atoms with Crippen LogP contribution in [0, 0.1) is 0 Å². The van der Waals surface area contributed by atoms with Crippen LogP contribution < -0.4 is 0 Å². The lowest BCUT2D eigenvalue weighted by atomic mass is 9.98. The number of aliphatic carboxylic acids is 1. The number of carboxylic acids is 1. The SMILES string of the molecule is CC1(C)O[C@@H]([C@@H]2OC(CF)(CF)OC[C@@H]2O)[C@@](O)(C(=O)O)O1. The van der Waals surface area contributed by atoms with Gasteiger partial charge < -0.3 is 34.3 Å². The molecule has 0 saturated carbocycles. The van der Waals surface area contributed by atoms with E-state index in [2.05, 4.69) is 0 Å². The van der Waals surface area contributed by atoms with Crippen molar-refractivity contribution < 1.29 is 47.8 Å². The smallest absolute Gasteiger partial charge is 0.367 e. The fourth-order valence-corrected chi connectivity index (χ4v) is 2.43. The lowest BCUT2D eigenvalue weighted by molar-refractivity contribution is -0.350. The van der Waals surface area contributed by atoms with Gasteiger partial charge in [-0.3, -0.25) is 0 Å². The van der Waals surface area contributed by atoms with Crippen molar-refractivity contribution in [1.82, 2.24) is 0 Å². The molecule has 2 rings (SSSR count). The summed E-state index contributed by atoms with van der Waals surface area (Å²) in [4.78, 5) is 11.3. The van der Waals surface area contributed by atoms with Crippen molar-refractivity contribution >= 4 is 5.97 Å². The summed E-state index contributed by atoms with van der Waals surface area (Å²) in [7, 11) is 0. The zero-order valence-corrected chi connectivity index (χ0v) is 12.0. The molecule has 2 fully saturated rings. The van der Waals surface area contributed by atoms with E-state index in [0.29, 0.717) is 0 Å². The minimum atomic E-state index is -2.84. The lowest BCUT2D eigenvalue weighted by Gasteiger charge is -2.43. The molecule has 0 radical (unpaired) electrons. The second kappa shape index (κ2) is 5.62. The number of aliphatic hydroxyl groups is 2. The van der Waals surface area contributed by atoms with Crippen molar-refractivity contribution in [3.63, 3.8) is 0 Å². The third kappa shape index (κ3) is 2.82. The van der Waals surface area contributed by atoms with Gasteiger partial charge in [0.05, 0.1) is 6.61 Å². The molecule has 2 saturated heterocycles. The molecule has 2 aliphatic rings. The first-order valence-corrected chi connectivity index (χ1v) is 6.55. The Morgan fingerprint density at radius 1 is 1.27 bits per heavy atom. The standard InChI is InChI=1S/C12H18F2O8/c1-10(2)21-8(12(18,22-10)9(16)17)7-6(15)3-19-11(4-13,5-14)20-7/h6-8,15,18H,3-5H2,1-2H3,(H,16,17)/t6-,7+,8-,12-/m0/s1. The van der Waals surface area contributed by atoms with E-state index in [0.717, 1.165) is 0 Å². The summed E-state index contributed by atoms with van der Waals surface area (Å²) >= 11 is 0. The maximum atomic E-state index is 13.0. The summed E-state index contributed by atoms with van der Waals surface area (Å²) in [6.45, 7) is -0.576. The third-order valence-electron chi connectivity index (χ3n) is 3.46. The van der Waals surface area contributed by atoms with Crippen molar-refractivity contribution in [1.29, 1.82) is 0 Å². The Labute approximate surface area is 124 Å². The van der Waals surface area contributed by atoms with Gasteiger partial charge in [-0.05, 0) is 13.8 Å². The van der Waals surface area contributed by atoms with Crippen LogP contribution in [0.5, 0.6) is 0 Å². The Balaban J connectivity index is 2.32. The number of alkyl halides is 2. The monoisotopic (exact) mass is 328 g/mol. The minimum Gasteiger partial charge on any atom is -0.477 e. The van der Waals surface area contributed by atoms with Crippen molar-refractivity contribution in [2.24, 2.45) is 0 Å². The Bertz CT molecular complexity index is 441. The third-order valence-corrected chi connectivity index (χ3v) is 3.46. The molecule has 0 spiro atoms. The molecule has 0 unspecified atom stereocenters. The fourth-order valence-electron chi connectivity index (χ4n) is 2.43. The molecule has 3 N–H and O–H groups in total. The van der Waals surface area contributed by atoms with Crippen LogP contribution in [0.15, 0.2) is 0 Å². The van der Waals surface area contributed by atoms with E-state index in [-0.39, 0.29) is 0 Å². The van der Waals surface area contributed by atoms with Crippen LogP contribution in [0.3, 0.4) is 0 Å². The summed E-state index contributed by atoms with van der Waals surface area (Å²) in [5.74, 6) is -8.41. The van der Waals surface area contributed by atoms with Gasteiger partial charge in [-0.25, -0.2) is 13.6 Å². The molecule has 0 aromatic heterocycles. The predicted molar refractivity (Wildman–Crippen MR) is 64.1 cm³/mol. The summed E-state index contributed by atoms with van der Waals surface area (Å²) in [5.41, 5.74) is 0. The lowest BCUT2D eigenvalue weighted by Crippen LogP contribution is -2.63. The van der Waals surface area contributed by atoms with Gasteiger partial charge >= 0.3 is 5.97 Å². The Kier molecular flexibility index (Phi) is 4.46. The second-order valence-electron chi connectivity index (χ2n) is 5.68. The molecule has 0 bridgehead atoms. The van der Waals surface area contributed by atoms with Crippen molar-refractivity contribution in [2.45, 2.75) is 49.5 Å². The van der Waals surface area contributed by atoms with Gasteiger partial charge in [-0.1, -0.05) is 0 Å². The minimum absolute atomic E-state index is 0.519. The van der Waals surface area contributed by atoms with Crippen LogP contribution in [-0.4, -0.2) is 76.9 Å². The highest BCUT2D eigenvalue weighted by Crippen LogP contribution is 2.40. The second-order valence-corrected chi connectivity index (χ2v) is 5.68. The summed E-state index contributed by atoms with van der Waals surface area (Å²) < 4.78 is 46.1. The Morgan fingerprint density at radius 2 is 1.86 bits per heavy atom. The number of ether oxygens (including phenoxy) is 4. The molecule has 0 amide bonds. The molecule has 2 aliphatic heterocycles. The normalized spacial score (nSPS) is 40.5. The molecule has 2 heterocycles. The van der Waals surface area contributed by atoms with Gasteiger partial charge in [0.2, 0.25) is 5.79 Å². The van der Waals surface area contributed by atoms with Crippen molar-refractivity contribution in [2.75, 3.05) is 20.0 Å². The zero-order valence-electron chi connectivity index (χ0n) is 12.0. The number of carboxylic acid groups (broad SMARTS) is 1. The summed E-state index contributed by atoms with van der Waals surface area (Å²) in [6.07, 6.45) is -4.75. The molecular formula is C12H18F2O8. The number of hydrogen-bond donors (Lipinski definition) is 3. The number of carbonyl (C=O) groups is 1. The van der Waals surface area contributed by atoms with E-state index in [1.165, 1.54) is 13.8 Å². The molecule has 0 aliphatic carbocycles. The van der Waals surface area contributed by atoms with Crippen LogP contribution in [0.2, 0.25) is 0 Å². The van der Waals surface area contributed by atoms with E-state index in [1.807, 2.05) is 0 Å². The van der Waals surface area contributed by atoms with Crippen molar-refractivity contribution in [3.05, 3.63) is 0 Å². The van der Waals surface area contributed by atoms with Crippen LogP contribution in [-0.2, 0) is 23.7 Å². The first kappa shape index (κ1) is 17.4. The summed E-state index contributed by atoms with van der Waals surface area (Å²) in [5, 5.41) is 29.3. The van der Waals surface area contributed by atoms with Crippen LogP contribution in [0.25, 0.3) is 0 Å². The first-order chi connectivity index (χ1) is 10.1. The van der Waals surface area contributed by atoms with E-state index < -0.39 is 61.6 Å². The topological polar surface area (TPSA) is 115 Å². The molecule has 10 heteroatoms. The fraction of sp³-hybridized carbons (Fsp3) is 0.917. The molecular weight excluding hydrogens is 310 g/mol. The Hall–Kier alpha value is -0.910. The quantitative estimate of drug-likeness (QED) is 0.622. The van der Waals surface area contributed by atoms with E-state index in [4.69, 9.17) is 24.1 Å². The molecule has 8 nitrogen and oxygen atoms in total. The highest BCUT2D eigenvalue weighted by Gasteiger charge is 2.64. The van der Waals surface area contributed by atoms with Gasteiger partial charge in [0.15, 0.2) is 11.9 Å². The van der Waals surface area contributed by atoms with E-state index in [1.54, 1.807) is 0 Å². The highest BCUT2D eigenvalue weighted by atomic mass is 19.1. The zero-order chi connectivity index (χ0) is 16.8. The molecule has 22 heavy (non-hydrogen) atoms. The van der Waals surface area contributed by atoms with Gasteiger partial charge in [0.25, 0.3) is 5.79 Å². The van der Waals surface area contributed by atoms with Crippen LogP contribution in [0.4, 0.5) is 8.78 Å². The number of halogens is 2.